The Balaban J connectivity index is 1.12. The first kappa shape index (κ1) is 40.0. The maximum Gasteiger partial charge on any atom is 0.180 e. The molecular weight excluding hydrogens is 841 g/mol. The highest BCUT2D eigenvalue weighted by molar-refractivity contribution is 6.18. The van der Waals surface area contributed by atoms with E-state index < -0.39 is 0 Å². The summed E-state index contributed by atoms with van der Waals surface area (Å²) in [5.74, 6) is 0.642. The monoisotopic (exact) mass is 882 g/mol. The molecule has 0 saturated carbocycles. The first-order valence-electron chi connectivity index (χ1n) is 23.3. The summed E-state index contributed by atoms with van der Waals surface area (Å²) < 4.78 is 9.23. The van der Waals surface area contributed by atoms with Crippen molar-refractivity contribution >= 4 is 55.2 Å². The van der Waals surface area contributed by atoms with Crippen molar-refractivity contribution in [3.05, 3.63) is 249 Å². The molecule has 324 valence electrons. The molecule has 5 nitrogen and oxygen atoms in total. The fourth-order valence-corrected chi connectivity index (χ4v) is 10.1. The number of fused-ring (bicyclic) bond motifs is 6. The molecule has 0 spiro atoms. The fraction of sp³-hybridized carbons (Fsp3) is 0. The summed E-state index contributed by atoms with van der Waals surface area (Å²) in [6, 6.07) is 87.8. The van der Waals surface area contributed by atoms with Crippen molar-refractivity contribution in [2.75, 3.05) is 5.32 Å². The highest BCUT2D eigenvalue weighted by Crippen LogP contribution is 2.47. The van der Waals surface area contributed by atoms with Crippen molar-refractivity contribution in [2.24, 2.45) is 0 Å². The third-order valence-electron chi connectivity index (χ3n) is 13.2. The Bertz CT molecular complexity index is 3950. The van der Waals surface area contributed by atoms with E-state index in [2.05, 4.69) is 222 Å². The maximum absolute atomic E-state index is 6.74. The smallest absolute Gasteiger partial charge is 0.180 e. The minimum atomic E-state index is 0.642. The number of furan rings is 1. The zero-order valence-corrected chi connectivity index (χ0v) is 37.4. The topological polar surface area (TPSA) is 55.9 Å². The van der Waals surface area contributed by atoms with E-state index in [1.54, 1.807) is 0 Å². The minimum absolute atomic E-state index is 0.642. The largest absolute Gasteiger partial charge is 0.452 e. The second-order valence-electron chi connectivity index (χ2n) is 17.4. The van der Waals surface area contributed by atoms with Gasteiger partial charge in [0.2, 0.25) is 0 Å². The molecule has 0 aliphatic carbocycles. The van der Waals surface area contributed by atoms with E-state index in [9.17, 15) is 0 Å². The van der Waals surface area contributed by atoms with Crippen LogP contribution in [0.1, 0.15) is 0 Å². The van der Waals surface area contributed by atoms with Crippen LogP contribution < -0.4 is 5.32 Å². The highest BCUT2D eigenvalue weighted by atomic mass is 16.3. The van der Waals surface area contributed by atoms with E-state index in [1.807, 2.05) is 36.4 Å². The Labute approximate surface area is 399 Å². The van der Waals surface area contributed by atoms with Crippen LogP contribution in [0.15, 0.2) is 253 Å². The molecule has 5 heteroatoms. The molecule has 3 aromatic heterocycles. The van der Waals surface area contributed by atoms with Crippen LogP contribution in [-0.4, -0.2) is 14.5 Å². The summed E-state index contributed by atoms with van der Waals surface area (Å²) in [5, 5.41) is 7.11. The summed E-state index contributed by atoms with van der Waals surface area (Å²) in [6.45, 7) is 0. The molecule has 0 atom stereocenters. The number of nitrogens with one attached hydrogen (secondary N) is 1. The lowest BCUT2D eigenvalue weighted by Crippen LogP contribution is -2.03. The first-order chi connectivity index (χ1) is 34.2. The second kappa shape index (κ2) is 16.8. The van der Waals surface area contributed by atoms with Gasteiger partial charge in [-0.1, -0.05) is 194 Å². The number of nitrogens with zero attached hydrogens (tertiary/aromatic N) is 3. The number of rotatable bonds is 9. The first-order valence-corrected chi connectivity index (χ1v) is 23.3. The normalized spacial score (nSPS) is 11.5. The highest BCUT2D eigenvalue weighted by Gasteiger charge is 2.26. The van der Waals surface area contributed by atoms with Gasteiger partial charge in [0, 0.05) is 55.4 Å². The van der Waals surface area contributed by atoms with Gasteiger partial charge in [-0.05, 0) is 82.4 Å². The molecule has 0 unspecified atom stereocenters. The zero-order chi connectivity index (χ0) is 45.7. The van der Waals surface area contributed by atoms with E-state index in [1.165, 1.54) is 10.9 Å². The van der Waals surface area contributed by atoms with Crippen molar-refractivity contribution in [1.82, 2.24) is 14.5 Å². The molecule has 3 heterocycles. The molecule has 13 rings (SSSR count). The van der Waals surface area contributed by atoms with Gasteiger partial charge in [-0.15, -0.1) is 0 Å². The van der Waals surface area contributed by atoms with Crippen LogP contribution in [0.2, 0.25) is 0 Å². The number of para-hydroxylation sites is 2. The Kier molecular flexibility index (Phi) is 9.76. The average molecular weight is 883 g/mol. The van der Waals surface area contributed by atoms with Crippen LogP contribution in [0.5, 0.6) is 0 Å². The Morgan fingerprint density at radius 3 is 1.57 bits per heavy atom. The summed E-state index contributed by atoms with van der Waals surface area (Å²) in [6.07, 6.45) is 0. The van der Waals surface area contributed by atoms with E-state index in [0.29, 0.717) is 11.4 Å². The maximum atomic E-state index is 6.74. The number of anilines is 2. The molecule has 13 aromatic rings. The predicted octanol–water partition coefficient (Wildman–Crippen LogP) is 17.2. The summed E-state index contributed by atoms with van der Waals surface area (Å²) >= 11 is 0. The van der Waals surface area contributed by atoms with Crippen LogP contribution in [0.4, 0.5) is 11.4 Å². The van der Waals surface area contributed by atoms with Crippen LogP contribution in [0, 0.1) is 0 Å². The molecule has 0 amide bonds. The Morgan fingerprint density at radius 2 is 0.913 bits per heavy atom. The predicted molar refractivity (Wildman–Crippen MR) is 286 cm³/mol. The van der Waals surface area contributed by atoms with E-state index in [4.69, 9.17) is 14.4 Å². The van der Waals surface area contributed by atoms with E-state index in [0.717, 1.165) is 106 Å². The Morgan fingerprint density at radius 1 is 0.377 bits per heavy atom. The number of benzene rings is 10. The third-order valence-corrected chi connectivity index (χ3v) is 13.2. The average Bonchev–Trinajstić information content (AvgIpc) is 3.97. The third kappa shape index (κ3) is 7.04. The lowest BCUT2D eigenvalue weighted by molar-refractivity contribution is 0.667. The van der Waals surface area contributed by atoms with Gasteiger partial charge in [-0.3, -0.25) is 0 Å². The van der Waals surface area contributed by atoms with Gasteiger partial charge >= 0.3 is 0 Å². The van der Waals surface area contributed by atoms with Gasteiger partial charge in [-0.25, -0.2) is 9.97 Å². The lowest BCUT2D eigenvalue weighted by atomic mass is 9.91. The molecule has 10 aromatic carbocycles. The van der Waals surface area contributed by atoms with Crippen molar-refractivity contribution in [3.63, 3.8) is 0 Å². The standard InChI is InChI=1S/C64H42N4O/c1-6-21-42(22-7-1)49-31-16-18-34-55(49)65-48-37-38-56-54(41-48)59-50(43-23-8-2-9-24-43)33-20-35-57(59)68(56)62-52(44-25-10-3-11-26-44)39-47(40-53(62)45-27-12-4-13-28-45)60-63-61(51-32-17-19-36-58(51)69-63)67-64(66-60)46-29-14-5-15-30-46/h1-41,65H. The van der Waals surface area contributed by atoms with Gasteiger partial charge in [-0.2, -0.15) is 0 Å². The van der Waals surface area contributed by atoms with Crippen LogP contribution in [-0.2, 0) is 0 Å². The quantitative estimate of drug-likeness (QED) is 0.157. The molecule has 0 aliphatic rings. The van der Waals surface area contributed by atoms with Gasteiger partial charge in [0.15, 0.2) is 11.4 Å². The van der Waals surface area contributed by atoms with Crippen LogP contribution >= 0.6 is 0 Å². The zero-order valence-electron chi connectivity index (χ0n) is 37.4. The lowest BCUT2D eigenvalue weighted by Gasteiger charge is -2.21. The summed E-state index contributed by atoms with van der Waals surface area (Å²) in [7, 11) is 0. The summed E-state index contributed by atoms with van der Waals surface area (Å²) in [4.78, 5) is 10.6. The van der Waals surface area contributed by atoms with Crippen molar-refractivity contribution < 1.29 is 4.42 Å². The van der Waals surface area contributed by atoms with Gasteiger partial charge in [0.25, 0.3) is 0 Å². The molecular formula is C64H42N4O. The van der Waals surface area contributed by atoms with Crippen molar-refractivity contribution in [2.45, 2.75) is 0 Å². The van der Waals surface area contributed by atoms with Crippen LogP contribution in [0.3, 0.4) is 0 Å². The molecule has 0 bridgehead atoms. The van der Waals surface area contributed by atoms with Crippen LogP contribution in [0.25, 0.3) is 117 Å². The number of hydrogen-bond donors (Lipinski definition) is 1. The summed E-state index contributed by atoms with van der Waals surface area (Å²) in [5.41, 5.74) is 19.0. The van der Waals surface area contributed by atoms with Crippen molar-refractivity contribution in [3.8, 4) is 72.8 Å². The van der Waals surface area contributed by atoms with E-state index >= 15 is 0 Å². The molecule has 69 heavy (non-hydrogen) atoms. The SMILES string of the molecule is c1ccc(-c2nc(-c3cc(-c4ccccc4)c(-n4c5ccc(Nc6ccccc6-c6ccccc6)cc5c5c(-c6ccccc6)cccc54)c(-c4ccccc4)c3)c3oc4ccccc4c3n2)cc1. The minimum Gasteiger partial charge on any atom is -0.452 e. The van der Waals surface area contributed by atoms with Gasteiger partial charge in [0.1, 0.15) is 16.8 Å². The Hall–Kier alpha value is -9.32. The molecule has 0 fully saturated rings. The number of aromatic nitrogens is 3. The fourth-order valence-electron chi connectivity index (χ4n) is 10.1. The molecule has 0 saturated heterocycles. The van der Waals surface area contributed by atoms with Crippen molar-refractivity contribution in [1.29, 1.82) is 0 Å². The second-order valence-corrected chi connectivity index (χ2v) is 17.4. The molecule has 0 radical (unpaired) electrons. The molecule has 1 N–H and O–H groups in total. The van der Waals surface area contributed by atoms with E-state index in [-0.39, 0.29) is 0 Å². The van der Waals surface area contributed by atoms with Gasteiger partial charge < -0.3 is 14.3 Å². The van der Waals surface area contributed by atoms with Gasteiger partial charge in [0.05, 0.1) is 16.7 Å². The molecule has 0 aliphatic heterocycles. The number of hydrogen-bond acceptors (Lipinski definition) is 4.